The number of amides is 1. The van der Waals surface area contributed by atoms with Gasteiger partial charge in [0.15, 0.2) is 0 Å². The third-order valence-corrected chi connectivity index (χ3v) is 3.59. The molecule has 0 radical (unpaired) electrons. The Morgan fingerprint density at radius 2 is 1.92 bits per heavy atom. The lowest BCUT2D eigenvalue weighted by Crippen LogP contribution is -2.17. The average Bonchev–Trinajstić information content (AvgIpc) is 2.66. The van der Waals surface area contributed by atoms with Gasteiger partial charge in [-0.3, -0.25) is 4.79 Å². The summed E-state index contributed by atoms with van der Waals surface area (Å²) in [5.41, 5.74) is 3.94. The van der Waals surface area contributed by atoms with E-state index in [0.29, 0.717) is 11.3 Å². The molecule has 0 saturated heterocycles. The Hall–Kier alpha value is -3.58. The van der Waals surface area contributed by atoms with Crippen LogP contribution in [-0.2, 0) is 0 Å². The van der Waals surface area contributed by atoms with Crippen LogP contribution >= 0.6 is 0 Å². The van der Waals surface area contributed by atoms with E-state index in [-0.39, 0.29) is 12.5 Å². The standard InChI is InChI=1S/C21H16N2O2/c1-2-13-25-18-10-5-7-16(14-18)15-22-23-21(24)20-12-6-9-17-8-3-4-11-19(17)20/h1,3-12,14-15H,13H2,(H,23,24)/b22-15+. The molecule has 122 valence electrons. The number of benzene rings is 3. The number of nitrogens with one attached hydrogen (secondary N) is 1. The van der Waals surface area contributed by atoms with Crippen LogP contribution in [0.5, 0.6) is 5.75 Å². The number of rotatable bonds is 5. The van der Waals surface area contributed by atoms with Gasteiger partial charge in [-0.25, -0.2) is 5.43 Å². The highest BCUT2D eigenvalue weighted by Crippen LogP contribution is 2.18. The van der Waals surface area contributed by atoms with Crippen LogP contribution in [0, 0.1) is 12.3 Å². The van der Waals surface area contributed by atoms with Crippen LogP contribution in [0.25, 0.3) is 10.8 Å². The minimum absolute atomic E-state index is 0.207. The SMILES string of the molecule is C#CCOc1cccc(/C=N/NC(=O)c2cccc3ccccc23)c1. The molecule has 0 saturated carbocycles. The largest absolute Gasteiger partial charge is 0.481 e. The van der Waals surface area contributed by atoms with E-state index in [9.17, 15) is 4.79 Å². The number of terminal acetylenes is 1. The topological polar surface area (TPSA) is 50.7 Å². The van der Waals surface area contributed by atoms with E-state index < -0.39 is 0 Å². The minimum atomic E-state index is -0.257. The first-order valence-electron chi connectivity index (χ1n) is 7.75. The zero-order valence-electron chi connectivity index (χ0n) is 13.5. The van der Waals surface area contributed by atoms with Crippen LogP contribution < -0.4 is 10.2 Å². The van der Waals surface area contributed by atoms with Gasteiger partial charge in [0, 0.05) is 5.56 Å². The first-order chi connectivity index (χ1) is 12.3. The molecule has 0 atom stereocenters. The van der Waals surface area contributed by atoms with Gasteiger partial charge in [-0.15, -0.1) is 6.42 Å². The normalized spacial score (nSPS) is 10.5. The Kier molecular flexibility index (Phi) is 5.08. The van der Waals surface area contributed by atoms with Crippen molar-refractivity contribution in [2.24, 2.45) is 5.10 Å². The van der Waals surface area contributed by atoms with Gasteiger partial charge >= 0.3 is 0 Å². The highest BCUT2D eigenvalue weighted by molar-refractivity contribution is 6.07. The fourth-order valence-corrected chi connectivity index (χ4v) is 2.46. The van der Waals surface area contributed by atoms with Crippen LogP contribution in [0.3, 0.4) is 0 Å². The molecule has 3 rings (SSSR count). The molecule has 1 N–H and O–H groups in total. The summed E-state index contributed by atoms with van der Waals surface area (Å²) < 4.78 is 5.36. The zero-order valence-corrected chi connectivity index (χ0v) is 13.5. The molecule has 0 aliphatic rings. The Labute approximate surface area is 146 Å². The van der Waals surface area contributed by atoms with Crippen molar-refractivity contribution in [3.05, 3.63) is 77.9 Å². The van der Waals surface area contributed by atoms with Crippen molar-refractivity contribution in [2.75, 3.05) is 6.61 Å². The van der Waals surface area contributed by atoms with Crippen LogP contribution in [-0.4, -0.2) is 18.7 Å². The van der Waals surface area contributed by atoms with Crippen molar-refractivity contribution in [2.45, 2.75) is 0 Å². The third-order valence-electron chi connectivity index (χ3n) is 3.59. The zero-order chi connectivity index (χ0) is 17.5. The quantitative estimate of drug-likeness (QED) is 0.442. The van der Waals surface area contributed by atoms with Gasteiger partial charge in [0.2, 0.25) is 0 Å². The number of carbonyl (C=O) groups is 1. The smallest absolute Gasteiger partial charge is 0.271 e. The van der Waals surface area contributed by atoms with Crippen molar-refractivity contribution in [1.82, 2.24) is 5.43 Å². The van der Waals surface area contributed by atoms with Crippen LogP contribution in [0.4, 0.5) is 0 Å². The molecule has 1 amide bonds. The van der Waals surface area contributed by atoms with Gasteiger partial charge in [0.25, 0.3) is 5.91 Å². The van der Waals surface area contributed by atoms with E-state index in [4.69, 9.17) is 11.2 Å². The molecular weight excluding hydrogens is 312 g/mol. The molecule has 3 aromatic carbocycles. The molecule has 0 aromatic heterocycles. The Morgan fingerprint density at radius 3 is 2.80 bits per heavy atom. The van der Waals surface area contributed by atoms with Crippen molar-refractivity contribution in [3.8, 4) is 18.1 Å². The second kappa shape index (κ2) is 7.80. The van der Waals surface area contributed by atoms with Gasteiger partial charge in [-0.1, -0.05) is 54.5 Å². The summed E-state index contributed by atoms with van der Waals surface area (Å²) in [5, 5.41) is 5.93. The van der Waals surface area contributed by atoms with E-state index in [2.05, 4.69) is 16.4 Å². The monoisotopic (exact) mass is 328 g/mol. The second-order valence-corrected chi connectivity index (χ2v) is 5.29. The molecule has 0 aliphatic carbocycles. The fourth-order valence-electron chi connectivity index (χ4n) is 2.46. The summed E-state index contributed by atoms with van der Waals surface area (Å²) in [6.07, 6.45) is 6.74. The predicted octanol–water partition coefficient (Wildman–Crippen LogP) is 3.62. The lowest BCUT2D eigenvalue weighted by atomic mass is 10.0. The molecule has 4 heteroatoms. The first-order valence-corrected chi connectivity index (χ1v) is 7.75. The van der Waals surface area contributed by atoms with Gasteiger partial charge < -0.3 is 4.74 Å². The van der Waals surface area contributed by atoms with E-state index in [0.717, 1.165) is 16.3 Å². The van der Waals surface area contributed by atoms with E-state index in [1.807, 2.05) is 54.6 Å². The molecule has 0 heterocycles. The number of fused-ring (bicyclic) bond motifs is 1. The first kappa shape index (κ1) is 16.3. The summed E-state index contributed by atoms with van der Waals surface area (Å²) >= 11 is 0. The molecule has 0 unspecified atom stereocenters. The Morgan fingerprint density at radius 1 is 1.12 bits per heavy atom. The highest BCUT2D eigenvalue weighted by Gasteiger charge is 2.08. The number of carbonyl (C=O) groups excluding carboxylic acids is 1. The molecule has 0 aliphatic heterocycles. The van der Waals surface area contributed by atoms with Crippen LogP contribution in [0.15, 0.2) is 71.8 Å². The maximum absolute atomic E-state index is 12.4. The predicted molar refractivity (Wildman–Crippen MR) is 99.8 cm³/mol. The molecular formula is C21H16N2O2. The number of hydrogen-bond donors (Lipinski definition) is 1. The Balaban J connectivity index is 1.72. The number of nitrogens with zero attached hydrogens (tertiary/aromatic N) is 1. The van der Waals surface area contributed by atoms with Gasteiger partial charge in [-0.05, 0) is 34.5 Å². The summed E-state index contributed by atoms with van der Waals surface area (Å²) in [6, 6.07) is 20.6. The number of hydrazone groups is 1. The van der Waals surface area contributed by atoms with Gasteiger partial charge in [-0.2, -0.15) is 5.10 Å². The molecule has 0 bridgehead atoms. The molecule has 3 aromatic rings. The third kappa shape index (κ3) is 4.04. The molecule has 0 spiro atoms. The van der Waals surface area contributed by atoms with Crippen molar-refractivity contribution in [1.29, 1.82) is 0 Å². The van der Waals surface area contributed by atoms with Crippen molar-refractivity contribution < 1.29 is 9.53 Å². The van der Waals surface area contributed by atoms with E-state index in [1.165, 1.54) is 0 Å². The molecule has 25 heavy (non-hydrogen) atoms. The maximum atomic E-state index is 12.4. The second-order valence-electron chi connectivity index (χ2n) is 5.29. The summed E-state index contributed by atoms with van der Waals surface area (Å²) in [5.74, 6) is 2.81. The van der Waals surface area contributed by atoms with Crippen molar-refractivity contribution >= 4 is 22.9 Å². The highest BCUT2D eigenvalue weighted by atomic mass is 16.5. The average molecular weight is 328 g/mol. The summed E-state index contributed by atoms with van der Waals surface area (Å²) in [6.45, 7) is 0.207. The Bertz CT molecular complexity index is 966. The fraction of sp³-hybridized carbons (Fsp3) is 0.0476. The number of hydrogen-bond acceptors (Lipinski definition) is 3. The summed E-state index contributed by atoms with van der Waals surface area (Å²) in [4.78, 5) is 12.4. The summed E-state index contributed by atoms with van der Waals surface area (Å²) in [7, 11) is 0. The maximum Gasteiger partial charge on any atom is 0.271 e. The van der Waals surface area contributed by atoms with Gasteiger partial charge in [0.1, 0.15) is 12.4 Å². The lowest BCUT2D eigenvalue weighted by Gasteiger charge is -2.05. The lowest BCUT2D eigenvalue weighted by molar-refractivity contribution is 0.0957. The van der Waals surface area contributed by atoms with Gasteiger partial charge in [0.05, 0.1) is 6.21 Å². The van der Waals surface area contributed by atoms with Crippen LogP contribution in [0.1, 0.15) is 15.9 Å². The minimum Gasteiger partial charge on any atom is -0.481 e. The van der Waals surface area contributed by atoms with Crippen LogP contribution in [0.2, 0.25) is 0 Å². The molecule has 4 nitrogen and oxygen atoms in total. The number of ether oxygens (including phenoxy) is 1. The van der Waals surface area contributed by atoms with Crippen molar-refractivity contribution in [3.63, 3.8) is 0 Å². The van der Waals surface area contributed by atoms with E-state index >= 15 is 0 Å². The molecule has 0 fully saturated rings. The van der Waals surface area contributed by atoms with E-state index in [1.54, 1.807) is 18.3 Å².